The molecule has 0 saturated heterocycles. The van der Waals surface area contributed by atoms with Crippen molar-refractivity contribution in [3.63, 3.8) is 0 Å². The number of amides is 1. The number of nitrogens with zero attached hydrogens (tertiary/aromatic N) is 3. The Labute approximate surface area is 167 Å². The van der Waals surface area contributed by atoms with E-state index in [0.29, 0.717) is 10.7 Å². The van der Waals surface area contributed by atoms with Crippen LogP contribution in [0.4, 0.5) is 30.5 Å². The first-order valence-corrected chi connectivity index (χ1v) is 8.48. The van der Waals surface area contributed by atoms with Crippen LogP contribution in [0.3, 0.4) is 0 Å². The maximum atomic E-state index is 12.5. The highest BCUT2D eigenvalue weighted by molar-refractivity contribution is 6.30. The third-order valence-corrected chi connectivity index (χ3v) is 3.66. The van der Waals surface area contributed by atoms with Crippen LogP contribution in [0.25, 0.3) is 0 Å². The van der Waals surface area contributed by atoms with E-state index in [4.69, 9.17) is 16.3 Å². The van der Waals surface area contributed by atoms with Crippen LogP contribution in [-0.4, -0.2) is 33.6 Å². The minimum atomic E-state index is -4.51. The summed E-state index contributed by atoms with van der Waals surface area (Å²) in [5.74, 6) is -0.685. The molecule has 0 fully saturated rings. The van der Waals surface area contributed by atoms with Gasteiger partial charge in [-0.05, 0) is 30.3 Å². The predicted octanol–water partition coefficient (Wildman–Crippen LogP) is 4.46. The van der Waals surface area contributed by atoms with Crippen LogP contribution >= 0.6 is 11.6 Å². The number of nitrogens with one attached hydrogen (secondary N) is 2. The summed E-state index contributed by atoms with van der Waals surface area (Å²) >= 11 is 5.83. The van der Waals surface area contributed by atoms with Crippen LogP contribution in [-0.2, 0) is 0 Å². The van der Waals surface area contributed by atoms with Crippen molar-refractivity contribution in [1.82, 2.24) is 15.0 Å². The lowest BCUT2D eigenvalue weighted by atomic mass is 10.3. The van der Waals surface area contributed by atoms with Crippen molar-refractivity contribution in [2.75, 3.05) is 17.2 Å². The maximum absolute atomic E-state index is 12.5. The van der Waals surface area contributed by atoms with E-state index in [0.717, 1.165) is 0 Å². The van der Waals surface area contributed by atoms with Crippen LogP contribution in [0.2, 0.25) is 5.02 Å². The largest absolute Gasteiger partial charge is 0.482 e. The second-order valence-electron chi connectivity index (χ2n) is 5.63. The Kier molecular flexibility index (Phi) is 6.13. The standard InChI is InChI=1S/C18H13ClF3N5O2/c19-11-1-3-12(4-2-11)25-17-24-8-5-13(27-17)16(28)26-14-9-23-7-6-15(14)29-10-18(20,21)22/h1-9H,10H2,(H,26,28)(H,24,25,27). The quantitative estimate of drug-likeness (QED) is 0.608. The SMILES string of the molecule is O=C(Nc1cnccc1OCC(F)(F)F)c1ccnc(Nc2ccc(Cl)cc2)n1. The fourth-order valence-corrected chi connectivity index (χ4v) is 2.28. The van der Waals surface area contributed by atoms with Gasteiger partial charge < -0.3 is 15.4 Å². The molecule has 0 unspecified atom stereocenters. The monoisotopic (exact) mass is 423 g/mol. The molecule has 0 saturated carbocycles. The molecule has 0 aliphatic rings. The van der Waals surface area contributed by atoms with Crippen molar-refractivity contribution in [1.29, 1.82) is 0 Å². The first-order chi connectivity index (χ1) is 13.8. The van der Waals surface area contributed by atoms with E-state index in [9.17, 15) is 18.0 Å². The van der Waals surface area contributed by atoms with Crippen molar-refractivity contribution in [2.45, 2.75) is 6.18 Å². The van der Waals surface area contributed by atoms with Crippen molar-refractivity contribution < 1.29 is 22.7 Å². The molecule has 0 aliphatic carbocycles. The molecule has 2 N–H and O–H groups in total. The third kappa shape index (κ3) is 6.04. The molecule has 29 heavy (non-hydrogen) atoms. The molecule has 0 radical (unpaired) electrons. The normalized spacial score (nSPS) is 11.0. The average Bonchev–Trinajstić information content (AvgIpc) is 2.69. The zero-order valence-electron chi connectivity index (χ0n) is 14.6. The van der Waals surface area contributed by atoms with E-state index < -0.39 is 18.7 Å². The van der Waals surface area contributed by atoms with Gasteiger partial charge in [-0.25, -0.2) is 9.97 Å². The minimum Gasteiger partial charge on any atom is -0.482 e. The van der Waals surface area contributed by atoms with Gasteiger partial charge in [0.1, 0.15) is 17.1 Å². The summed E-state index contributed by atoms with van der Waals surface area (Å²) in [5.41, 5.74) is 0.622. The van der Waals surface area contributed by atoms with Crippen molar-refractivity contribution in [3.8, 4) is 5.75 Å². The first-order valence-electron chi connectivity index (χ1n) is 8.11. The van der Waals surface area contributed by atoms with Gasteiger partial charge in [-0.2, -0.15) is 13.2 Å². The minimum absolute atomic E-state index is 0.0120. The van der Waals surface area contributed by atoms with E-state index in [2.05, 4.69) is 25.6 Å². The number of halogens is 4. The summed E-state index contributed by atoms with van der Waals surface area (Å²) in [7, 11) is 0. The number of rotatable bonds is 6. The molecule has 7 nitrogen and oxygen atoms in total. The van der Waals surface area contributed by atoms with Gasteiger partial charge in [0, 0.05) is 29.2 Å². The average molecular weight is 424 g/mol. The molecule has 11 heteroatoms. The number of hydrogen-bond acceptors (Lipinski definition) is 6. The summed E-state index contributed by atoms with van der Waals surface area (Å²) in [4.78, 5) is 24.4. The molecule has 0 spiro atoms. The topological polar surface area (TPSA) is 89.0 Å². The van der Waals surface area contributed by atoms with Crippen LogP contribution in [0.1, 0.15) is 10.5 Å². The van der Waals surface area contributed by atoms with Crippen LogP contribution in [0.5, 0.6) is 5.75 Å². The molecule has 2 aromatic heterocycles. The number of benzene rings is 1. The highest BCUT2D eigenvalue weighted by Gasteiger charge is 2.29. The molecule has 0 bridgehead atoms. The highest BCUT2D eigenvalue weighted by atomic mass is 35.5. The Morgan fingerprint density at radius 1 is 1.10 bits per heavy atom. The van der Waals surface area contributed by atoms with Gasteiger partial charge in [-0.1, -0.05) is 11.6 Å². The molecule has 3 aromatic rings. The molecule has 2 heterocycles. The Morgan fingerprint density at radius 2 is 1.86 bits per heavy atom. The smallest absolute Gasteiger partial charge is 0.422 e. The number of carbonyl (C=O) groups excluding carboxylic acids is 1. The van der Waals surface area contributed by atoms with Gasteiger partial charge in [0.2, 0.25) is 5.95 Å². The zero-order chi connectivity index (χ0) is 20.9. The fourth-order valence-electron chi connectivity index (χ4n) is 2.16. The van der Waals surface area contributed by atoms with Gasteiger partial charge in [-0.3, -0.25) is 9.78 Å². The number of aromatic nitrogens is 3. The lowest BCUT2D eigenvalue weighted by molar-refractivity contribution is -0.153. The van der Waals surface area contributed by atoms with Crippen molar-refractivity contribution in [2.24, 2.45) is 0 Å². The van der Waals surface area contributed by atoms with Gasteiger partial charge in [0.25, 0.3) is 5.91 Å². The molecule has 1 aromatic carbocycles. The van der Waals surface area contributed by atoms with Gasteiger partial charge in [0.05, 0.1) is 6.20 Å². The molecule has 3 rings (SSSR count). The Hall–Kier alpha value is -3.40. The number of hydrogen-bond donors (Lipinski definition) is 2. The molecular formula is C18H13ClF3N5O2. The van der Waals surface area contributed by atoms with Crippen LogP contribution in [0.15, 0.2) is 55.0 Å². The number of ether oxygens (including phenoxy) is 1. The first kappa shape index (κ1) is 20.3. The lowest BCUT2D eigenvalue weighted by Gasteiger charge is -2.13. The van der Waals surface area contributed by atoms with E-state index in [-0.39, 0.29) is 23.1 Å². The summed E-state index contributed by atoms with van der Waals surface area (Å²) in [6.07, 6.45) is -0.720. The second-order valence-corrected chi connectivity index (χ2v) is 6.06. The van der Waals surface area contributed by atoms with E-state index in [1.165, 1.54) is 30.7 Å². The van der Waals surface area contributed by atoms with Crippen LogP contribution < -0.4 is 15.4 Å². The summed E-state index contributed by atoms with van der Waals surface area (Å²) in [6.45, 7) is -1.50. The van der Waals surface area contributed by atoms with Crippen molar-refractivity contribution in [3.05, 3.63) is 65.7 Å². The fraction of sp³-hybridized carbons (Fsp3) is 0.111. The molecule has 0 atom stereocenters. The number of alkyl halides is 3. The lowest BCUT2D eigenvalue weighted by Crippen LogP contribution is -2.21. The van der Waals surface area contributed by atoms with Crippen LogP contribution in [0, 0.1) is 0 Å². The predicted molar refractivity (Wildman–Crippen MR) is 101 cm³/mol. The zero-order valence-corrected chi connectivity index (χ0v) is 15.3. The summed E-state index contributed by atoms with van der Waals surface area (Å²) in [5, 5.41) is 5.91. The Bertz CT molecular complexity index is 999. The summed E-state index contributed by atoms with van der Waals surface area (Å²) in [6, 6.07) is 9.33. The molecular weight excluding hydrogens is 411 g/mol. The highest BCUT2D eigenvalue weighted by Crippen LogP contribution is 2.26. The van der Waals surface area contributed by atoms with E-state index in [1.54, 1.807) is 24.3 Å². The van der Waals surface area contributed by atoms with Crippen molar-refractivity contribution >= 4 is 34.8 Å². The summed E-state index contributed by atoms with van der Waals surface area (Å²) < 4.78 is 41.9. The number of anilines is 3. The number of pyridine rings is 1. The Balaban J connectivity index is 1.72. The Morgan fingerprint density at radius 3 is 2.59 bits per heavy atom. The number of carbonyl (C=O) groups is 1. The molecule has 0 aliphatic heterocycles. The van der Waals surface area contributed by atoms with Gasteiger partial charge in [-0.15, -0.1) is 0 Å². The second kappa shape index (κ2) is 8.74. The molecule has 150 valence electrons. The molecule has 1 amide bonds. The van der Waals surface area contributed by atoms with Gasteiger partial charge in [0.15, 0.2) is 6.61 Å². The van der Waals surface area contributed by atoms with E-state index in [1.807, 2.05) is 0 Å². The van der Waals surface area contributed by atoms with Gasteiger partial charge >= 0.3 is 6.18 Å². The maximum Gasteiger partial charge on any atom is 0.422 e. The third-order valence-electron chi connectivity index (χ3n) is 3.41. The van der Waals surface area contributed by atoms with E-state index >= 15 is 0 Å².